The van der Waals surface area contributed by atoms with Crippen LogP contribution in [0.4, 0.5) is 0 Å². The van der Waals surface area contributed by atoms with Crippen LogP contribution in [-0.2, 0) is 4.79 Å². The number of ketones is 2. The van der Waals surface area contributed by atoms with Crippen LogP contribution in [0, 0.1) is 0 Å². The molecule has 2 aromatic carbocycles. The quantitative estimate of drug-likeness (QED) is 0.431. The minimum absolute atomic E-state index is 0.0168. The van der Waals surface area contributed by atoms with E-state index in [1.165, 1.54) is 0 Å². The molecular formula is C28H36N2O5. The van der Waals surface area contributed by atoms with Gasteiger partial charge in [0.1, 0.15) is 17.5 Å². The van der Waals surface area contributed by atoms with Crippen molar-refractivity contribution in [1.82, 2.24) is 10.2 Å². The fraction of sp³-hybridized carbons (Fsp3) is 0.464. The molecule has 0 aliphatic carbocycles. The summed E-state index contributed by atoms with van der Waals surface area (Å²) in [5.41, 5.74) is 1.14. The van der Waals surface area contributed by atoms with Crippen LogP contribution in [0.15, 0.2) is 48.5 Å². The molecule has 188 valence electrons. The lowest BCUT2D eigenvalue weighted by molar-refractivity contribution is -0.121. The molecule has 1 aliphatic heterocycles. The Kier molecular flexibility index (Phi) is 9.85. The summed E-state index contributed by atoms with van der Waals surface area (Å²) in [6, 6.07) is 13.4. The normalized spacial score (nSPS) is 14.5. The Morgan fingerprint density at radius 1 is 0.886 bits per heavy atom. The monoisotopic (exact) mass is 480 g/mol. The number of ether oxygens (including phenoxy) is 2. The van der Waals surface area contributed by atoms with E-state index in [4.69, 9.17) is 9.47 Å². The van der Waals surface area contributed by atoms with E-state index in [0.29, 0.717) is 29.8 Å². The topological polar surface area (TPSA) is 84.9 Å². The first-order chi connectivity index (χ1) is 16.9. The van der Waals surface area contributed by atoms with Gasteiger partial charge in [0.15, 0.2) is 11.6 Å². The van der Waals surface area contributed by atoms with Crippen molar-refractivity contribution in [1.29, 1.82) is 0 Å². The van der Waals surface area contributed by atoms with Crippen molar-refractivity contribution >= 4 is 17.5 Å². The molecule has 1 atom stereocenters. The van der Waals surface area contributed by atoms with Crippen molar-refractivity contribution in [2.45, 2.75) is 58.1 Å². The molecule has 1 N–H and O–H groups in total. The van der Waals surface area contributed by atoms with E-state index in [2.05, 4.69) is 10.2 Å². The predicted octanol–water partition coefficient (Wildman–Crippen LogP) is 4.30. The van der Waals surface area contributed by atoms with Gasteiger partial charge < -0.3 is 19.7 Å². The molecule has 0 bridgehead atoms. The van der Waals surface area contributed by atoms with Crippen LogP contribution < -0.4 is 14.8 Å². The number of carbonyl (C=O) groups is 3. The van der Waals surface area contributed by atoms with E-state index in [1.54, 1.807) is 55.6 Å². The van der Waals surface area contributed by atoms with Gasteiger partial charge in [-0.05, 0) is 94.7 Å². The van der Waals surface area contributed by atoms with E-state index in [0.717, 1.165) is 31.7 Å². The number of carbonyl (C=O) groups excluding carboxylic acids is 3. The van der Waals surface area contributed by atoms with Crippen LogP contribution in [0.2, 0.25) is 0 Å². The molecule has 3 rings (SSSR count). The molecule has 0 aromatic heterocycles. The van der Waals surface area contributed by atoms with Gasteiger partial charge in [-0.15, -0.1) is 0 Å². The van der Waals surface area contributed by atoms with E-state index in [1.807, 2.05) is 13.8 Å². The van der Waals surface area contributed by atoms with Crippen molar-refractivity contribution in [2.75, 3.05) is 26.7 Å². The highest BCUT2D eigenvalue weighted by molar-refractivity contribution is 6.02. The summed E-state index contributed by atoms with van der Waals surface area (Å²) in [6.45, 7) is 6.24. The number of Topliss-reactive ketones (excluding diaryl/α,β-unsaturated/α-hetero) is 2. The van der Waals surface area contributed by atoms with Crippen LogP contribution in [-0.4, -0.2) is 61.3 Å². The van der Waals surface area contributed by atoms with E-state index in [-0.39, 0.29) is 36.4 Å². The third-order valence-corrected chi connectivity index (χ3v) is 6.02. The van der Waals surface area contributed by atoms with Gasteiger partial charge in [0.25, 0.3) is 0 Å². The van der Waals surface area contributed by atoms with Gasteiger partial charge >= 0.3 is 0 Å². The molecule has 1 amide bonds. The average Bonchev–Trinajstić information content (AvgIpc) is 3.36. The Balaban J connectivity index is 1.53. The summed E-state index contributed by atoms with van der Waals surface area (Å²) in [5, 5.41) is 2.92. The lowest BCUT2D eigenvalue weighted by atomic mass is 10.0. The Morgan fingerprint density at radius 3 is 2.09 bits per heavy atom. The van der Waals surface area contributed by atoms with Gasteiger partial charge in [-0.1, -0.05) is 0 Å². The molecule has 7 nitrogen and oxygen atoms in total. The minimum atomic E-state index is -0.627. The van der Waals surface area contributed by atoms with E-state index in [9.17, 15) is 14.4 Å². The zero-order valence-corrected chi connectivity index (χ0v) is 20.9. The third-order valence-electron chi connectivity index (χ3n) is 6.02. The maximum atomic E-state index is 13.2. The molecule has 0 radical (unpaired) electrons. The first-order valence-corrected chi connectivity index (χ1v) is 12.4. The number of methoxy groups -OCH3 is 1. The van der Waals surface area contributed by atoms with Gasteiger partial charge in [0.2, 0.25) is 5.91 Å². The van der Waals surface area contributed by atoms with Crippen molar-refractivity contribution in [3.8, 4) is 11.5 Å². The number of hydrogen-bond donors (Lipinski definition) is 1. The first kappa shape index (κ1) is 26.4. The van der Waals surface area contributed by atoms with Gasteiger partial charge in [-0.2, -0.15) is 0 Å². The molecule has 0 saturated carbocycles. The first-order valence-electron chi connectivity index (χ1n) is 12.4. The van der Waals surface area contributed by atoms with Gasteiger partial charge in [0.05, 0.1) is 13.2 Å². The Labute approximate surface area is 207 Å². The zero-order valence-electron chi connectivity index (χ0n) is 20.9. The van der Waals surface area contributed by atoms with Gasteiger partial charge in [-0.25, -0.2) is 0 Å². The molecule has 0 unspecified atom stereocenters. The third kappa shape index (κ3) is 8.21. The van der Waals surface area contributed by atoms with Crippen molar-refractivity contribution in [2.24, 2.45) is 0 Å². The fourth-order valence-corrected chi connectivity index (χ4v) is 4.19. The lowest BCUT2D eigenvalue weighted by Crippen LogP contribution is -2.48. The smallest absolute Gasteiger partial charge is 0.220 e. The molecule has 7 heteroatoms. The maximum absolute atomic E-state index is 13.2. The van der Waals surface area contributed by atoms with Crippen molar-refractivity contribution < 1.29 is 23.9 Å². The second-order valence-corrected chi connectivity index (χ2v) is 9.19. The predicted molar refractivity (Wildman–Crippen MR) is 135 cm³/mol. The summed E-state index contributed by atoms with van der Waals surface area (Å²) in [5.74, 6) is 1.05. The van der Waals surface area contributed by atoms with Gasteiger partial charge in [0, 0.05) is 30.5 Å². The second-order valence-electron chi connectivity index (χ2n) is 9.19. The Hall–Kier alpha value is -3.19. The van der Waals surface area contributed by atoms with Gasteiger partial charge in [-0.3, -0.25) is 14.4 Å². The maximum Gasteiger partial charge on any atom is 0.220 e. The SMILES string of the molecule is COc1ccc(C(=O)[C@@H](CN2CCCC2)NC(=O)CCCC(=O)c2ccc(OC(C)C)cc2)cc1. The summed E-state index contributed by atoms with van der Waals surface area (Å²) >= 11 is 0. The second kappa shape index (κ2) is 13.0. The number of hydrogen-bond acceptors (Lipinski definition) is 6. The van der Waals surface area contributed by atoms with Crippen molar-refractivity contribution in [3.63, 3.8) is 0 Å². The number of likely N-dealkylation sites (tertiary alicyclic amines) is 1. The molecule has 1 aliphatic rings. The van der Waals surface area contributed by atoms with Crippen LogP contribution >= 0.6 is 0 Å². The van der Waals surface area contributed by atoms with E-state index < -0.39 is 6.04 Å². The number of nitrogens with zero attached hydrogens (tertiary/aromatic N) is 1. The Bertz CT molecular complexity index is 979. The van der Waals surface area contributed by atoms with Crippen LogP contribution in [0.1, 0.15) is 66.7 Å². The molecule has 0 spiro atoms. The molecule has 1 heterocycles. The highest BCUT2D eigenvalue weighted by Crippen LogP contribution is 2.17. The summed E-state index contributed by atoms with van der Waals surface area (Å²) in [4.78, 5) is 40.6. The minimum Gasteiger partial charge on any atom is -0.497 e. The highest BCUT2D eigenvalue weighted by atomic mass is 16.5. The summed E-state index contributed by atoms with van der Waals surface area (Å²) in [7, 11) is 1.58. The lowest BCUT2D eigenvalue weighted by Gasteiger charge is -2.23. The van der Waals surface area contributed by atoms with Crippen LogP contribution in [0.25, 0.3) is 0 Å². The van der Waals surface area contributed by atoms with Crippen LogP contribution in [0.3, 0.4) is 0 Å². The summed E-state index contributed by atoms with van der Waals surface area (Å²) in [6.07, 6.45) is 3.14. The molecule has 35 heavy (non-hydrogen) atoms. The van der Waals surface area contributed by atoms with Crippen molar-refractivity contribution in [3.05, 3.63) is 59.7 Å². The van der Waals surface area contributed by atoms with Crippen LogP contribution in [0.5, 0.6) is 11.5 Å². The number of nitrogens with one attached hydrogen (secondary N) is 1. The molecule has 1 saturated heterocycles. The zero-order chi connectivity index (χ0) is 25.2. The summed E-state index contributed by atoms with van der Waals surface area (Å²) < 4.78 is 10.8. The molecule has 1 fully saturated rings. The highest BCUT2D eigenvalue weighted by Gasteiger charge is 2.26. The number of benzene rings is 2. The standard InChI is InChI=1S/C28H36N2O5/c1-20(2)35-24-15-9-21(10-16-24)26(31)7-6-8-27(32)29-25(19-30-17-4-5-18-30)28(33)22-11-13-23(34-3)14-12-22/h9-16,20,25H,4-8,17-19H2,1-3H3,(H,29,32)/t25-/m1/s1. The number of rotatable bonds is 13. The average molecular weight is 481 g/mol. The molecule has 2 aromatic rings. The molecular weight excluding hydrogens is 444 g/mol. The Morgan fingerprint density at radius 2 is 1.49 bits per heavy atom. The van der Waals surface area contributed by atoms with E-state index >= 15 is 0 Å². The largest absolute Gasteiger partial charge is 0.497 e. The fourth-order valence-electron chi connectivity index (χ4n) is 4.19. The number of amides is 1.